The number of rotatable bonds is 5. The summed E-state index contributed by atoms with van der Waals surface area (Å²) in [7, 11) is 0. The van der Waals surface area contributed by atoms with Crippen LogP contribution in [0.4, 0.5) is 0 Å². The molecule has 3 heteroatoms. The predicted molar refractivity (Wildman–Crippen MR) is 69.7 cm³/mol. The van der Waals surface area contributed by atoms with Gasteiger partial charge in [-0.05, 0) is 32.1 Å². The third kappa shape index (κ3) is 5.53. The van der Waals surface area contributed by atoms with Crippen LogP contribution >= 0.6 is 0 Å². The van der Waals surface area contributed by atoms with E-state index in [4.69, 9.17) is 0 Å². The number of carbonyl (C=O) groups is 1. The molecule has 100 valence electrons. The fourth-order valence-corrected chi connectivity index (χ4v) is 2.78. The maximum atomic E-state index is 11.8. The lowest BCUT2D eigenvalue weighted by molar-refractivity contribution is -0.128. The van der Waals surface area contributed by atoms with E-state index < -0.39 is 5.60 Å². The first-order valence-electron chi connectivity index (χ1n) is 6.93. The Kier molecular flexibility index (Phi) is 5.44. The second kappa shape index (κ2) is 6.39. The number of amides is 1. The molecule has 0 aliphatic heterocycles. The summed E-state index contributed by atoms with van der Waals surface area (Å²) in [6.07, 6.45) is 6.10. The molecule has 0 aromatic carbocycles. The van der Waals surface area contributed by atoms with Gasteiger partial charge in [-0.15, -0.1) is 0 Å². The second-order valence-corrected chi connectivity index (χ2v) is 6.06. The monoisotopic (exact) mass is 241 g/mol. The van der Waals surface area contributed by atoms with E-state index in [1.807, 2.05) is 6.92 Å². The fourth-order valence-electron chi connectivity index (χ4n) is 2.78. The summed E-state index contributed by atoms with van der Waals surface area (Å²) in [6, 6.07) is 0.203. The van der Waals surface area contributed by atoms with Gasteiger partial charge >= 0.3 is 0 Å². The van der Waals surface area contributed by atoms with Crippen LogP contribution in [-0.4, -0.2) is 22.7 Å². The molecule has 0 spiro atoms. The first kappa shape index (κ1) is 14.5. The van der Waals surface area contributed by atoms with E-state index in [2.05, 4.69) is 19.2 Å². The smallest absolute Gasteiger partial charge is 0.223 e. The second-order valence-electron chi connectivity index (χ2n) is 6.06. The molecule has 0 heterocycles. The van der Waals surface area contributed by atoms with Crippen LogP contribution in [0, 0.1) is 5.92 Å². The standard InChI is InChI=1S/C14H27NO2/c1-11(2)9-12(3)15-13(16)10-14(17)7-5-4-6-8-14/h11-12,17H,4-10H2,1-3H3,(H,15,16). The Balaban J connectivity index is 2.33. The maximum absolute atomic E-state index is 11.8. The van der Waals surface area contributed by atoms with E-state index in [1.165, 1.54) is 6.42 Å². The van der Waals surface area contributed by atoms with Gasteiger partial charge in [0, 0.05) is 6.04 Å². The van der Waals surface area contributed by atoms with Crippen LogP contribution in [0.25, 0.3) is 0 Å². The van der Waals surface area contributed by atoms with E-state index >= 15 is 0 Å². The average Bonchev–Trinajstić information content (AvgIpc) is 2.15. The van der Waals surface area contributed by atoms with Crippen molar-refractivity contribution >= 4 is 5.91 Å². The van der Waals surface area contributed by atoms with Gasteiger partial charge in [0.2, 0.25) is 5.91 Å². The third-order valence-electron chi connectivity index (χ3n) is 3.51. The highest BCUT2D eigenvalue weighted by molar-refractivity contribution is 5.77. The van der Waals surface area contributed by atoms with Gasteiger partial charge in [-0.25, -0.2) is 0 Å². The highest BCUT2D eigenvalue weighted by Gasteiger charge is 2.31. The summed E-state index contributed by atoms with van der Waals surface area (Å²) < 4.78 is 0. The van der Waals surface area contributed by atoms with Gasteiger partial charge in [-0.1, -0.05) is 33.1 Å². The summed E-state index contributed by atoms with van der Waals surface area (Å²) in [5.74, 6) is 0.589. The van der Waals surface area contributed by atoms with Gasteiger partial charge in [0.05, 0.1) is 12.0 Å². The summed E-state index contributed by atoms with van der Waals surface area (Å²) in [6.45, 7) is 6.33. The Hall–Kier alpha value is -0.570. The van der Waals surface area contributed by atoms with Crippen molar-refractivity contribution in [2.45, 2.75) is 77.4 Å². The van der Waals surface area contributed by atoms with Crippen molar-refractivity contribution in [1.82, 2.24) is 5.32 Å². The van der Waals surface area contributed by atoms with Crippen molar-refractivity contribution in [3.8, 4) is 0 Å². The number of hydrogen-bond donors (Lipinski definition) is 2. The summed E-state index contributed by atoms with van der Waals surface area (Å²) in [4.78, 5) is 11.8. The number of aliphatic hydroxyl groups is 1. The zero-order chi connectivity index (χ0) is 12.9. The van der Waals surface area contributed by atoms with Crippen LogP contribution in [0.15, 0.2) is 0 Å². The molecule has 0 radical (unpaired) electrons. The summed E-state index contributed by atoms with van der Waals surface area (Å²) >= 11 is 0. The molecule has 1 unspecified atom stereocenters. The zero-order valence-corrected chi connectivity index (χ0v) is 11.5. The van der Waals surface area contributed by atoms with Crippen LogP contribution < -0.4 is 5.32 Å². The molecule has 1 fully saturated rings. The molecule has 1 amide bonds. The lowest BCUT2D eigenvalue weighted by atomic mass is 9.82. The molecule has 0 aromatic rings. The molecule has 0 aromatic heterocycles. The number of nitrogens with one attached hydrogen (secondary N) is 1. The van der Waals surface area contributed by atoms with Crippen LogP contribution in [-0.2, 0) is 4.79 Å². The third-order valence-corrected chi connectivity index (χ3v) is 3.51. The Bertz CT molecular complexity index is 245. The first-order valence-corrected chi connectivity index (χ1v) is 6.93. The van der Waals surface area contributed by atoms with Crippen molar-refractivity contribution in [2.75, 3.05) is 0 Å². The summed E-state index contributed by atoms with van der Waals surface area (Å²) in [5.41, 5.74) is -0.736. The minimum atomic E-state index is -0.736. The molecule has 2 N–H and O–H groups in total. The van der Waals surface area contributed by atoms with Gasteiger partial charge in [0.1, 0.15) is 0 Å². The predicted octanol–water partition coefficient (Wildman–Crippen LogP) is 2.62. The topological polar surface area (TPSA) is 49.3 Å². The SMILES string of the molecule is CC(C)CC(C)NC(=O)CC1(O)CCCCC1. The van der Waals surface area contributed by atoms with Crippen LogP contribution in [0.2, 0.25) is 0 Å². The molecular weight excluding hydrogens is 214 g/mol. The first-order chi connectivity index (χ1) is 7.91. The summed E-state index contributed by atoms with van der Waals surface area (Å²) in [5, 5.41) is 13.3. The Morgan fingerprint density at radius 3 is 2.35 bits per heavy atom. The zero-order valence-electron chi connectivity index (χ0n) is 11.5. The Morgan fingerprint density at radius 2 is 1.82 bits per heavy atom. The van der Waals surface area contributed by atoms with E-state index in [-0.39, 0.29) is 18.4 Å². The van der Waals surface area contributed by atoms with E-state index in [1.54, 1.807) is 0 Å². The molecule has 1 atom stereocenters. The van der Waals surface area contributed by atoms with Crippen molar-refractivity contribution in [3.05, 3.63) is 0 Å². The van der Waals surface area contributed by atoms with Crippen molar-refractivity contribution < 1.29 is 9.90 Å². The molecule has 1 aliphatic rings. The number of hydrogen-bond acceptors (Lipinski definition) is 2. The lowest BCUT2D eigenvalue weighted by Crippen LogP contribution is -2.41. The number of carbonyl (C=O) groups excluding carboxylic acids is 1. The van der Waals surface area contributed by atoms with E-state index in [0.717, 1.165) is 32.1 Å². The highest BCUT2D eigenvalue weighted by atomic mass is 16.3. The van der Waals surface area contributed by atoms with Crippen LogP contribution in [0.1, 0.15) is 65.7 Å². The molecule has 1 saturated carbocycles. The van der Waals surface area contributed by atoms with Crippen molar-refractivity contribution in [2.24, 2.45) is 5.92 Å². The van der Waals surface area contributed by atoms with E-state index in [9.17, 15) is 9.90 Å². The quantitative estimate of drug-likeness (QED) is 0.777. The lowest BCUT2D eigenvalue weighted by Gasteiger charge is -2.31. The highest BCUT2D eigenvalue weighted by Crippen LogP contribution is 2.30. The molecule has 3 nitrogen and oxygen atoms in total. The normalized spacial score (nSPS) is 21.2. The van der Waals surface area contributed by atoms with Gasteiger partial charge in [0.25, 0.3) is 0 Å². The fraction of sp³-hybridized carbons (Fsp3) is 0.929. The molecule has 0 saturated heterocycles. The van der Waals surface area contributed by atoms with Gasteiger partial charge in [-0.3, -0.25) is 4.79 Å². The Morgan fingerprint density at radius 1 is 1.24 bits per heavy atom. The van der Waals surface area contributed by atoms with E-state index in [0.29, 0.717) is 5.92 Å². The van der Waals surface area contributed by atoms with Crippen LogP contribution in [0.5, 0.6) is 0 Å². The minimum Gasteiger partial charge on any atom is -0.389 e. The molecular formula is C14H27NO2. The Labute approximate surface area is 105 Å². The molecule has 1 aliphatic carbocycles. The van der Waals surface area contributed by atoms with Crippen molar-refractivity contribution in [3.63, 3.8) is 0 Å². The van der Waals surface area contributed by atoms with Gasteiger partial charge < -0.3 is 10.4 Å². The average molecular weight is 241 g/mol. The van der Waals surface area contributed by atoms with Gasteiger partial charge in [-0.2, -0.15) is 0 Å². The largest absolute Gasteiger partial charge is 0.389 e. The molecule has 0 bridgehead atoms. The van der Waals surface area contributed by atoms with Crippen molar-refractivity contribution in [1.29, 1.82) is 0 Å². The minimum absolute atomic E-state index is 0.00236. The van der Waals surface area contributed by atoms with Crippen LogP contribution in [0.3, 0.4) is 0 Å². The maximum Gasteiger partial charge on any atom is 0.223 e. The van der Waals surface area contributed by atoms with Gasteiger partial charge in [0.15, 0.2) is 0 Å². The molecule has 17 heavy (non-hydrogen) atoms. The molecule has 1 rings (SSSR count).